The minimum Gasteiger partial charge on any atom is -0.490 e. The Morgan fingerprint density at radius 2 is 1.61 bits per heavy atom. The lowest BCUT2D eigenvalue weighted by Gasteiger charge is -2.21. The summed E-state index contributed by atoms with van der Waals surface area (Å²) in [4.78, 5) is 12.7. The molecule has 0 aromatic heterocycles. The van der Waals surface area contributed by atoms with E-state index in [0.29, 0.717) is 48.3 Å². The van der Waals surface area contributed by atoms with Crippen LogP contribution in [-0.4, -0.2) is 39.4 Å². The first-order valence-corrected chi connectivity index (χ1v) is 12.6. The Balaban J connectivity index is 1.25. The Morgan fingerprint density at radius 3 is 2.39 bits per heavy atom. The summed E-state index contributed by atoms with van der Waals surface area (Å²) < 4.78 is 51.2. The van der Waals surface area contributed by atoms with E-state index in [0.717, 1.165) is 25.7 Å². The summed E-state index contributed by atoms with van der Waals surface area (Å²) in [5.41, 5.74) is 0.499. The summed E-state index contributed by atoms with van der Waals surface area (Å²) in [7, 11) is -3.96. The lowest BCUT2D eigenvalue weighted by atomic mass is 10.2. The third kappa shape index (κ3) is 4.45. The molecule has 1 amide bonds. The number of rotatable bonds is 5. The van der Waals surface area contributed by atoms with E-state index < -0.39 is 27.8 Å². The number of nitrogens with one attached hydrogen (secondary N) is 2. The number of fused-ring (bicyclic) bond motifs is 2. The van der Waals surface area contributed by atoms with Gasteiger partial charge in [-0.05, 0) is 44.0 Å². The molecule has 0 saturated heterocycles. The number of hydrogen-bond donors (Lipinski definition) is 2. The number of ether oxygens (including phenoxy) is 4. The average molecular weight is 475 g/mol. The summed E-state index contributed by atoms with van der Waals surface area (Å²) in [6, 6.07) is 8.54. The molecule has 0 radical (unpaired) electrons. The van der Waals surface area contributed by atoms with E-state index in [-0.39, 0.29) is 4.90 Å². The van der Waals surface area contributed by atoms with E-state index >= 15 is 0 Å². The van der Waals surface area contributed by atoms with Crippen molar-refractivity contribution in [2.45, 2.75) is 55.8 Å². The van der Waals surface area contributed by atoms with Gasteiger partial charge in [-0.2, -0.15) is 4.72 Å². The number of benzene rings is 2. The molecule has 2 N–H and O–H groups in total. The molecule has 2 heterocycles. The molecule has 1 aliphatic carbocycles. The summed E-state index contributed by atoms with van der Waals surface area (Å²) in [6.07, 6.45) is 4.49. The SMILES string of the molecule is C[C@H](NS(=O)(=O)c1ccc2c(c1)OCCCO2)C(=O)Nc1ccc2c(c1)OC1(CCCC1)O2. The van der Waals surface area contributed by atoms with Crippen molar-refractivity contribution in [2.24, 2.45) is 0 Å². The molecule has 5 rings (SSSR count). The van der Waals surface area contributed by atoms with Gasteiger partial charge in [-0.25, -0.2) is 8.42 Å². The predicted octanol–water partition coefficient (Wildman–Crippen LogP) is 3.19. The standard InChI is InChI=1S/C23H26N2O7S/c1-15(25-33(27,28)17-6-8-18-20(14-17)30-12-4-11-29-18)22(26)24-16-5-7-19-21(13-16)32-23(31-19)9-2-3-10-23/h5-8,13-15,25H,2-4,9-12H2,1H3,(H,24,26)/t15-/m0/s1. The third-order valence-electron chi connectivity index (χ3n) is 5.92. The molecule has 3 aliphatic rings. The van der Waals surface area contributed by atoms with Crippen LogP contribution >= 0.6 is 0 Å². The van der Waals surface area contributed by atoms with Crippen molar-refractivity contribution >= 4 is 21.6 Å². The Hall–Kier alpha value is -2.98. The van der Waals surface area contributed by atoms with Gasteiger partial charge in [0, 0.05) is 37.1 Å². The summed E-state index contributed by atoms with van der Waals surface area (Å²) >= 11 is 0. The monoisotopic (exact) mass is 474 g/mol. The zero-order valence-corrected chi connectivity index (χ0v) is 19.1. The van der Waals surface area contributed by atoms with Crippen LogP contribution in [0.4, 0.5) is 5.69 Å². The van der Waals surface area contributed by atoms with Gasteiger partial charge in [0.1, 0.15) is 0 Å². The molecule has 1 fully saturated rings. The molecule has 176 valence electrons. The van der Waals surface area contributed by atoms with E-state index in [4.69, 9.17) is 18.9 Å². The van der Waals surface area contributed by atoms with Gasteiger partial charge in [0.2, 0.25) is 15.9 Å². The highest BCUT2D eigenvalue weighted by Crippen LogP contribution is 2.47. The largest absolute Gasteiger partial charge is 0.490 e. The third-order valence-corrected chi connectivity index (χ3v) is 7.46. The molecule has 9 nitrogen and oxygen atoms in total. The molecule has 0 bridgehead atoms. The maximum Gasteiger partial charge on any atom is 0.251 e. The normalized spacial score (nSPS) is 19.2. The Morgan fingerprint density at radius 1 is 0.909 bits per heavy atom. The minimum atomic E-state index is -3.96. The quantitative estimate of drug-likeness (QED) is 0.684. The second-order valence-corrected chi connectivity index (χ2v) is 10.2. The van der Waals surface area contributed by atoms with Crippen LogP contribution in [0.3, 0.4) is 0 Å². The van der Waals surface area contributed by atoms with Crippen LogP contribution in [0.15, 0.2) is 41.3 Å². The average Bonchev–Trinajstić information content (AvgIpc) is 3.30. The highest BCUT2D eigenvalue weighted by Gasteiger charge is 2.44. The molecule has 2 aromatic rings. The van der Waals surface area contributed by atoms with Gasteiger partial charge in [-0.1, -0.05) is 0 Å². The molecule has 2 aliphatic heterocycles. The van der Waals surface area contributed by atoms with Gasteiger partial charge in [-0.15, -0.1) is 0 Å². The topological polar surface area (TPSA) is 112 Å². The van der Waals surface area contributed by atoms with Crippen LogP contribution in [0.2, 0.25) is 0 Å². The van der Waals surface area contributed by atoms with E-state index in [9.17, 15) is 13.2 Å². The van der Waals surface area contributed by atoms with Crippen LogP contribution in [-0.2, 0) is 14.8 Å². The minimum absolute atomic E-state index is 0.00339. The van der Waals surface area contributed by atoms with Gasteiger partial charge >= 0.3 is 0 Å². The van der Waals surface area contributed by atoms with Crippen molar-refractivity contribution in [2.75, 3.05) is 18.5 Å². The second-order valence-electron chi connectivity index (χ2n) is 8.47. The molecule has 33 heavy (non-hydrogen) atoms. The van der Waals surface area contributed by atoms with Crippen molar-refractivity contribution in [3.8, 4) is 23.0 Å². The maximum atomic E-state index is 12.8. The smallest absolute Gasteiger partial charge is 0.251 e. The highest BCUT2D eigenvalue weighted by molar-refractivity contribution is 7.89. The van der Waals surface area contributed by atoms with Crippen LogP contribution in [0.1, 0.15) is 39.0 Å². The molecule has 1 atom stereocenters. The summed E-state index contributed by atoms with van der Waals surface area (Å²) in [6.45, 7) is 2.44. The summed E-state index contributed by atoms with van der Waals surface area (Å²) in [5.74, 6) is 1.01. The van der Waals surface area contributed by atoms with Gasteiger partial charge in [0.05, 0.1) is 24.2 Å². The number of hydrogen-bond acceptors (Lipinski definition) is 7. The number of anilines is 1. The van der Waals surface area contributed by atoms with Gasteiger partial charge in [0.15, 0.2) is 23.0 Å². The molecule has 0 unspecified atom stereocenters. The van der Waals surface area contributed by atoms with Crippen LogP contribution in [0.5, 0.6) is 23.0 Å². The van der Waals surface area contributed by atoms with E-state index in [1.54, 1.807) is 24.3 Å². The lowest BCUT2D eigenvalue weighted by molar-refractivity contribution is -0.117. The Kier molecular flexibility index (Phi) is 5.57. The first kappa shape index (κ1) is 21.8. The van der Waals surface area contributed by atoms with Crippen LogP contribution in [0.25, 0.3) is 0 Å². The lowest BCUT2D eigenvalue weighted by Crippen LogP contribution is -2.41. The summed E-state index contributed by atoms with van der Waals surface area (Å²) in [5, 5.41) is 2.74. The molecule has 2 aromatic carbocycles. The number of sulfonamides is 1. The van der Waals surface area contributed by atoms with Crippen molar-refractivity contribution in [1.29, 1.82) is 0 Å². The van der Waals surface area contributed by atoms with E-state index in [1.807, 2.05) is 0 Å². The first-order valence-electron chi connectivity index (χ1n) is 11.1. The van der Waals surface area contributed by atoms with Gasteiger partial charge < -0.3 is 24.3 Å². The van der Waals surface area contributed by atoms with Crippen molar-refractivity contribution in [3.05, 3.63) is 36.4 Å². The van der Waals surface area contributed by atoms with Crippen LogP contribution in [0, 0.1) is 0 Å². The predicted molar refractivity (Wildman–Crippen MR) is 119 cm³/mol. The number of amides is 1. The first-order chi connectivity index (χ1) is 15.8. The van der Waals surface area contributed by atoms with Crippen molar-refractivity contribution in [3.63, 3.8) is 0 Å². The van der Waals surface area contributed by atoms with Crippen molar-refractivity contribution < 1.29 is 32.2 Å². The fraction of sp³-hybridized carbons (Fsp3) is 0.435. The molecule has 1 saturated carbocycles. The molecule has 1 spiro atoms. The fourth-order valence-electron chi connectivity index (χ4n) is 4.20. The maximum absolute atomic E-state index is 12.8. The highest BCUT2D eigenvalue weighted by atomic mass is 32.2. The van der Waals surface area contributed by atoms with Crippen LogP contribution < -0.4 is 29.0 Å². The Bertz CT molecular complexity index is 1180. The molecular weight excluding hydrogens is 448 g/mol. The Labute approximate surface area is 192 Å². The second kappa shape index (κ2) is 8.42. The molecular formula is C23H26N2O7S. The van der Waals surface area contributed by atoms with E-state index in [1.165, 1.54) is 19.1 Å². The van der Waals surface area contributed by atoms with E-state index in [2.05, 4.69) is 10.0 Å². The zero-order chi connectivity index (χ0) is 23.1. The van der Waals surface area contributed by atoms with Crippen molar-refractivity contribution in [1.82, 2.24) is 4.72 Å². The van der Waals surface area contributed by atoms with Gasteiger partial charge in [-0.3, -0.25) is 4.79 Å². The fourth-order valence-corrected chi connectivity index (χ4v) is 5.42. The number of carbonyl (C=O) groups excluding carboxylic acids is 1. The number of carbonyl (C=O) groups is 1. The molecule has 10 heteroatoms. The zero-order valence-electron chi connectivity index (χ0n) is 18.3. The van der Waals surface area contributed by atoms with Gasteiger partial charge in [0.25, 0.3) is 5.79 Å².